The lowest BCUT2D eigenvalue weighted by atomic mass is 9.96. The number of halogens is 1. The van der Waals surface area contributed by atoms with Gasteiger partial charge in [-0.05, 0) is 49.7 Å². The fourth-order valence-corrected chi connectivity index (χ4v) is 4.31. The molecule has 2 atom stereocenters. The molecule has 2 fully saturated rings. The average molecular weight is 401 g/mol. The predicted octanol–water partition coefficient (Wildman–Crippen LogP) is 3.72. The first-order valence-corrected chi connectivity index (χ1v) is 10.2. The molecule has 0 saturated carbocycles. The normalized spacial score (nSPS) is 23.1. The molecule has 2 aromatic carbocycles. The van der Waals surface area contributed by atoms with Crippen LogP contribution in [0, 0.1) is 0 Å². The number of phenols is 1. The van der Waals surface area contributed by atoms with E-state index in [9.17, 15) is 9.90 Å². The quantitative estimate of drug-likeness (QED) is 0.849. The van der Waals surface area contributed by atoms with Crippen LogP contribution >= 0.6 is 11.6 Å². The number of benzene rings is 2. The zero-order valence-electron chi connectivity index (χ0n) is 15.8. The number of aromatic hydroxyl groups is 1. The topological polar surface area (TPSA) is 53.0 Å². The SMILES string of the molecule is O=C(c1ccc(Cl)c(O)c1)N1CCO[C@@H](CN2CCCC2)[C@@H]1c1ccccc1. The van der Waals surface area contributed by atoms with E-state index in [-0.39, 0.29) is 28.8 Å². The summed E-state index contributed by atoms with van der Waals surface area (Å²) in [6.45, 7) is 4.00. The molecule has 2 aliphatic heterocycles. The van der Waals surface area contributed by atoms with Crippen molar-refractivity contribution in [3.8, 4) is 5.75 Å². The van der Waals surface area contributed by atoms with Crippen LogP contribution in [-0.4, -0.2) is 59.7 Å². The molecule has 0 aromatic heterocycles. The van der Waals surface area contributed by atoms with E-state index in [0.29, 0.717) is 18.7 Å². The second kappa shape index (κ2) is 8.52. The molecule has 2 aromatic rings. The highest BCUT2D eigenvalue weighted by Crippen LogP contribution is 2.33. The molecule has 5 nitrogen and oxygen atoms in total. The number of ether oxygens (including phenoxy) is 1. The Morgan fingerprint density at radius 3 is 2.57 bits per heavy atom. The van der Waals surface area contributed by atoms with Crippen molar-refractivity contribution >= 4 is 17.5 Å². The summed E-state index contributed by atoms with van der Waals surface area (Å²) in [7, 11) is 0. The summed E-state index contributed by atoms with van der Waals surface area (Å²) >= 11 is 5.91. The molecule has 4 rings (SSSR count). The van der Waals surface area contributed by atoms with Gasteiger partial charge in [0.15, 0.2) is 0 Å². The van der Waals surface area contributed by atoms with Crippen LogP contribution in [0.5, 0.6) is 5.75 Å². The van der Waals surface area contributed by atoms with Gasteiger partial charge in [-0.3, -0.25) is 4.79 Å². The second-order valence-corrected chi connectivity index (χ2v) is 7.84. The summed E-state index contributed by atoms with van der Waals surface area (Å²) in [6, 6.07) is 14.6. The van der Waals surface area contributed by atoms with Gasteiger partial charge in [0.1, 0.15) is 5.75 Å². The van der Waals surface area contributed by atoms with Gasteiger partial charge in [-0.15, -0.1) is 0 Å². The summed E-state index contributed by atoms with van der Waals surface area (Å²) in [6.07, 6.45) is 2.35. The molecule has 148 valence electrons. The Morgan fingerprint density at radius 2 is 1.86 bits per heavy atom. The fraction of sp³-hybridized carbons (Fsp3) is 0.409. The minimum absolute atomic E-state index is 0.0781. The van der Waals surface area contributed by atoms with Crippen molar-refractivity contribution < 1.29 is 14.6 Å². The van der Waals surface area contributed by atoms with Crippen LogP contribution in [0.15, 0.2) is 48.5 Å². The number of morpholine rings is 1. The van der Waals surface area contributed by atoms with E-state index in [1.165, 1.54) is 18.9 Å². The van der Waals surface area contributed by atoms with Crippen molar-refractivity contribution in [2.75, 3.05) is 32.8 Å². The minimum Gasteiger partial charge on any atom is -0.506 e. The van der Waals surface area contributed by atoms with E-state index < -0.39 is 0 Å². The van der Waals surface area contributed by atoms with Gasteiger partial charge in [0.25, 0.3) is 5.91 Å². The third-order valence-corrected chi connectivity index (χ3v) is 5.90. The van der Waals surface area contributed by atoms with Crippen molar-refractivity contribution in [3.05, 3.63) is 64.7 Å². The van der Waals surface area contributed by atoms with E-state index in [1.54, 1.807) is 12.1 Å². The monoisotopic (exact) mass is 400 g/mol. The number of rotatable bonds is 4. The molecule has 0 bridgehead atoms. The number of amides is 1. The number of nitrogens with zero attached hydrogens (tertiary/aromatic N) is 2. The smallest absolute Gasteiger partial charge is 0.254 e. The summed E-state index contributed by atoms with van der Waals surface area (Å²) in [5, 5.41) is 10.2. The van der Waals surface area contributed by atoms with Crippen LogP contribution < -0.4 is 0 Å². The van der Waals surface area contributed by atoms with E-state index in [2.05, 4.69) is 17.0 Å². The number of carbonyl (C=O) groups excluding carboxylic acids is 1. The Labute approximate surface area is 170 Å². The Balaban J connectivity index is 1.64. The number of phenolic OH excluding ortho intramolecular Hbond substituents is 1. The second-order valence-electron chi connectivity index (χ2n) is 7.44. The lowest BCUT2D eigenvalue weighted by Gasteiger charge is -2.42. The molecule has 1 amide bonds. The molecule has 0 aliphatic carbocycles. The lowest BCUT2D eigenvalue weighted by Crippen LogP contribution is -2.51. The van der Waals surface area contributed by atoms with Crippen LogP contribution in [-0.2, 0) is 4.74 Å². The van der Waals surface area contributed by atoms with Crippen molar-refractivity contribution in [2.24, 2.45) is 0 Å². The highest BCUT2D eigenvalue weighted by atomic mass is 35.5. The summed E-state index contributed by atoms with van der Waals surface area (Å²) in [4.78, 5) is 17.6. The van der Waals surface area contributed by atoms with Gasteiger partial charge < -0.3 is 19.6 Å². The lowest BCUT2D eigenvalue weighted by molar-refractivity contribution is -0.0707. The Morgan fingerprint density at radius 1 is 1.11 bits per heavy atom. The van der Waals surface area contributed by atoms with Crippen LogP contribution in [0.4, 0.5) is 0 Å². The number of hydrogen-bond donors (Lipinski definition) is 1. The van der Waals surface area contributed by atoms with E-state index in [0.717, 1.165) is 25.2 Å². The molecule has 0 radical (unpaired) electrons. The van der Waals surface area contributed by atoms with Crippen LogP contribution in [0.1, 0.15) is 34.8 Å². The fourth-order valence-electron chi connectivity index (χ4n) is 4.19. The van der Waals surface area contributed by atoms with Gasteiger partial charge in [0, 0.05) is 18.7 Å². The standard InChI is InChI=1S/C22H25ClN2O3/c23-18-9-8-17(14-19(18)26)22(27)25-12-13-28-20(15-24-10-4-5-11-24)21(25)16-6-2-1-3-7-16/h1-3,6-9,14,20-21,26H,4-5,10-13,15H2/t20-,21-/m0/s1. The largest absolute Gasteiger partial charge is 0.506 e. The number of carbonyl (C=O) groups is 1. The molecule has 0 unspecified atom stereocenters. The molecule has 2 aliphatic rings. The summed E-state index contributed by atoms with van der Waals surface area (Å²) < 4.78 is 6.16. The van der Waals surface area contributed by atoms with Crippen molar-refractivity contribution in [2.45, 2.75) is 25.0 Å². The maximum Gasteiger partial charge on any atom is 0.254 e. The zero-order valence-corrected chi connectivity index (χ0v) is 16.5. The van der Waals surface area contributed by atoms with Gasteiger partial charge in [-0.2, -0.15) is 0 Å². The van der Waals surface area contributed by atoms with Crippen LogP contribution in [0.3, 0.4) is 0 Å². The molecule has 2 heterocycles. The molecular formula is C22H25ClN2O3. The van der Waals surface area contributed by atoms with Crippen molar-refractivity contribution in [1.82, 2.24) is 9.80 Å². The van der Waals surface area contributed by atoms with E-state index in [1.807, 2.05) is 23.1 Å². The first kappa shape index (κ1) is 19.2. The Hall–Kier alpha value is -2.08. The number of hydrogen-bond acceptors (Lipinski definition) is 4. The van der Waals surface area contributed by atoms with Gasteiger partial charge in [-0.25, -0.2) is 0 Å². The summed E-state index contributed by atoms with van der Waals surface area (Å²) in [5.41, 5.74) is 1.50. The molecular weight excluding hydrogens is 376 g/mol. The molecule has 1 N–H and O–H groups in total. The van der Waals surface area contributed by atoms with Gasteiger partial charge in [-0.1, -0.05) is 41.9 Å². The van der Waals surface area contributed by atoms with Crippen LogP contribution in [0.2, 0.25) is 5.02 Å². The first-order chi connectivity index (χ1) is 13.6. The highest BCUT2D eigenvalue weighted by molar-refractivity contribution is 6.32. The maximum atomic E-state index is 13.3. The first-order valence-electron chi connectivity index (χ1n) is 9.82. The maximum absolute atomic E-state index is 13.3. The molecule has 6 heteroatoms. The zero-order chi connectivity index (χ0) is 19.5. The number of likely N-dealkylation sites (tertiary alicyclic amines) is 1. The van der Waals surface area contributed by atoms with E-state index >= 15 is 0 Å². The third kappa shape index (κ3) is 4.02. The minimum atomic E-state index is -0.166. The summed E-state index contributed by atoms with van der Waals surface area (Å²) in [5.74, 6) is -0.193. The highest BCUT2D eigenvalue weighted by Gasteiger charge is 2.38. The predicted molar refractivity (Wildman–Crippen MR) is 109 cm³/mol. The Kier molecular flexibility index (Phi) is 5.85. The average Bonchev–Trinajstić information content (AvgIpc) is 3.23. The molecule has 2 saturated heterocycles. The molecule has 0 spiro atoms. The van der Waals surface area contributed by atoms with Gasteiger partial charge in [0.2, 0.25) is 0 Å². The van der Waals surface area contributed by atoms with Gasteiger partial charge >= 0.3 is 0 Å². The van der Waals surface area contributed by atoms with Crippen molar-refractivity contribution in [3.63, 3.8) is 0 Å². The van der Waals surface area contributed by atoms with E-state index in [4.69, 9.17) is 16.3 Å². The Bertz CT molecular complexity index is 824. The van der Waals surface area contributed by atoms with Crippen LogP contribution in [0.25, 0.3) is 0 Å². The van der Waals surface area contributed by atoms with Crippen molar-refractivity contribution in [1.29, 1.82) is 0 Å². The van der Waals surface area contributed by atoms with Gasteiger partial charge in [0.05, 0.1) is 23.8 Å². The third-order valence-electron chi connectivity index (χ3n) is 5.58. The molecule has 28 heavy (non-hydrogen) atoms.